The molecule has 26 heavy (non-hydrogen) atoms. The highest BCUT2D eigenvalue weighted by molar-refractivity contribution is 5.94. The zero-order valence-corrected chi connectivity index (χ0v) is 13.9. The van der Waals surface area contributed by atoms with E-state index >= 15 is 0 Å². The number of hydrogen-bond acceptors (Lipinski definition) is 2. The van der Waals surface area contributed by atoms with Gasteiger partial charge < -0.3 is 9.80 Å². The van der Waals surface area contributed by atoms with Gasteiger partial charge in [-0.2, -0.15) is 0 Å². The summed E-state index contributed by atoms with van der Waals surface area (Å²) in [5, 5.41) is 0. The number of rotatable bonds is 3. The Morgan fingerprint density at radius 3 is 2.19 bits per heavy atom. The van der Waals surface area contributed by atoms with Gasteiger partial charge in [-0.15, -0.1) is 0 Å². The number of piperazine rings is 1. The second kappa shape index (κ2) is 7.59. The summed E-state index contributed by atoms with van der Waals surface area (Å²) in [6.07, 6.45) is -0.0564. The average Bonchev–Trinajstić information content (AvgIpc) is 2.65. The predicted molar refractivity (Wildman–Crippen MR) is 88.9 cm³/mol. The third-order valence-electron chi connectivity index (χ3n) is 4.38. The normalized spacial score (nSPS) is 14.4. The summed E-state index contributed by atoms with van der Waals surface area (Å²) in [5.41, 5.74) is -0.00558. The smallest absolute Gasteiger partial charge is 0.257 e. The molecule has 0 aromatic heterocycles. The molecule has 1 fully saturated rings. The van der Waals surface area contributed by atoms with Crippen LogP contribution in [0.5, 0.6) is 0 Å². The van der Waals surface area contributed by atoms with E-state index in [-0.39, 0.29) is 44.1 Å². The van der Waals surface area contributed by atoms with Crippen LogP contribution < -0.4 is 0 Å². The van der Waals surface area contributed by atoms with Crippen molar-refractivity contribution in [3.05, 3.63) is 71.0 Å². The van der Waals surface area contributed by atoms with Gasteiger partial charge in [0.15, 0.2) is 0 Å². The largest absolute Gasteiger partial charge is 0.339 e. The lowest BCUT2D eigenvalue weighted by atomic mass is 10.1. The highest BCUT2D eigenvalue weighted by Crippen LogP contribution is 2.15. The molecule has 0 spiro atoms. The van der Waals surface area contributed by atoms with Crippen LogP contribution in [-0.2, 0) is 11.2 Å². The van der Waals surface area contributed by atoms with Crippen LogP contribution in [0.15, 0.2) is 42.5 Å². The fourth-order valence-electron chi connectivity index (χ4n) is 2.91. The van der Waals surface area contributed by atoms with Crippen molar-refractivity contribution in [1.29, 1.82) is 0 Å². The van der Waals surface area contributed by atoms with Gasteiger partial charge in [0.05, 0.1) is 12.0 Å². The third-order valence-corrected chi connectivity index (χ3v) is 4.38. The molecule has 7 heteroatoms. The molecule has 1 aliphatic rings. The number of carbonyl (C=O) groups is 2. The Labute approximate surface area is 148 Å². The molecule has 4 nitrogen and oxygen atoms in total. The van der Waals surface area contributed by atoms with E-state index in [1.54, 1.807) is 18.2 Å². The molecule has 0 aliphatic carbocycles. The molecule has 0 saturated carbocycles. The summed E-state index contributed by atoms with van der Waals surface area (Å²) in [7, 11) is 0. The molecule has 3 rings (SSSR count). The zero-order chi connectivity index (χ0) is 18.7. The lowest BCUT2D eigenvalue weighted by molar-refractivity contribution is -0.132. The molecule has 1 heterocycles. The minimum atomic E-state index is -0.783. The van der Waals surface area contributed by atoms with E-state index < -0.39 is 23.4 Å². The molecule has 1 aliphatic heterocycles. The first-order valence-corrected chi connectivity index (χ1v) is 8.21. The maximum Gasteiger partial charge on any atom is 0.257 e. The minimum absolute atomic E-state index is 0.0564. The van der Waals surface area contributed by atoms with Gasteiger partial charge in [0, 0.05) is 26.2 Å². The van der Waals surface area contributed by atoms with Crippen LogP contribution in [0, 0.1) is 17.5 Å². The summed E-state index contributed by atoms with van der Waals surface area (Å²) in [6.45, 7) is 0.932. The quantitative estimate of drug-likeness (QED) is 0.842. The molecule has 0 unspecified atom stereocenters. The van der Waals surface area contributed by atoms with Crippen LogP contribution in [-0.4, -0.2) is 47.8 Å². The lowest BCUT2D eigenvalue weighted by Gasteiger charge is -2.35. The predicted octanol–water partition coefficient (Wildman–Crippen LogP) is 2.63. The van der Waals surface area contributed by atoms with Gasteiger partial charge >= 0.3 is 0 Å². The van der Waals surface area contributed by atoms with Crippen molar-refractivity contribution in [3.63, 3.8) is 0 Å². The second-order valence-corrected chi connectivity index (χ2v) is 6.07. The number of amides is 2. The van der Waals surface area contributed by atoms with Crippen LogP contribution in [0.25, 0.3) is 0 Å². The van der Waals surface area contributed by atoms with Crippen LogP contribution in [0.3, 0.4) is 0 Å². The van der Waals surface area contributed by atoms with Gasteiger partial charge in [-0.3, -0.25) is 9.59 Å². The lowest BCUT2D eigenvalue weighted by Crippen LogP contribution is -2.51. The molecule has 2 aromatic rings. The van der Waals surface area contributed by atoms with E-state index in [0.717, 1.165) is 18.2 Å². The molecule has 0 radical (unpaired) electrons. The van der Waals surface area contributed by atoms with E-state index in [9.17, 15) is 22.8 Å². The number of carbonyl (C=O) groups excluding carboxylic acids is 2. The minimum Gasteiger partial charge on any atom is -0.339 e. The third kappa shape index (κ3) is 3.87. The SMILES string of the molecule is O=C(Cc1ccccc1F)N1CCN(C(=O)c2cc(F)ccc2F)CC1. The Morgan fingerprint density at radius 1 is 0.846 bits per heavy atom. The first-order chi connectivity index (χ1) is 12.5. The Balaban J connectivity index is 1.60. The van der Waals surface area contributed by atoms with Gasteiger partial charge in [-0.05, 0) is 29.8 Å². The molecular formula is C19H17F3N2O2. The standard InChI is InChI=1S/C19H17F3N2O2/c20-14-5-6-17(22)15(12-14)19(26)24-9-7-23(8-10-24)18(25)11-13-3-1-2-4-16(13)21/h1-6,12H,7-11H2. The molecule has 0 atom stereocenters. The highest BCUT2D eigenvalue weighted by atomic mass is 19.1. The maximum atomic E-state index is 13.7. The Bertz CT molecular complexity index is 833. The molecule has 0 N–H and O–H groups in total. The molecule has 0 bridgehead atoms. The van der Waals surface area contributed by atoms with E-state index in [1.165, 1.54) is 15.9 Å². The van der Waals surface area contributed by atoms with E-state index in [0.29, 0.717) is 5.56 Å². The molecule has 136 valence electrons. The van der Waals surface area contributed by atoms with E-state index in [2.05, 4.69) is 0 Å². The van der Waals surface area contributed by atoms with Crippen molar-refractivity contribution in [2.75, 3.05) is 26.2 Å². The second-order valence-electron chi connectivity index (χ2n) is 6.07. The summed E-state index contributed by atoms with van der Waals surface area (Å²) < 4.78 is 40.7. The summed E-state index contributed by atoms with van der Waals surface area (Å²) in [4.78, 5) is 27.6. The Hall–Kier alpha value is -2.83. The summed E-state index contributed by atoms with van der Waals surface area (Å²) >= 11 is 0. The molecule has 1 saturated heterocycles. The van der Waals surface area contributed by atoms with Gasteiger partial charge in [-0.25, -0.2) is 13.2 Å². The maximum absolute atomic E-state index is 13.7. The van der Waals surface area contributed by atoms with Crippen molar-refractivity contribution in [3.8, 4) is 0 Å². The van der Waals surface area contributed by atoms with Crippen LogP contribution in [0.4, 0.5) is 13.2 Å². The van der Waals surface area contributed by atoms with Gasteiger partial charge in [0.25, 0.3) is 5.91 Å². The monoisotopic (exact) mass is 362 g/mol. The van der Waals surface area contributed by atoms with Crippen molar-refractivity contribution in [2.24, 2.45) is 0 Å². The van der Waals surface area contributed by atoms with E-state index in [1.807, 2.05) is 0 Å². The summed E-state index contributed by atoms with van der Waals surface area (Å²) in [6, 6.07) is 8.80. The van der Waals surface area contributed by atoms with Crippen molar-refractivity contribution in [2.45, 2.75) is 6.42 Å². The van der Waals surface area contributed by atoms with Crippen molar-refractivity contribution < 1.29 is 22.8 Å². The van der Waals surface area contributed by atoms with Gasteiger partial charge in [-0.1, -0.05) is 18.2 Å². The number of hydrogen-bond donors (Lipinski definition) is 0. The Kier molecular flexibility index (Phi) is 5.25. The Morgan fingerprint density at radius 2 is 1.50 bits per heavy atom. The topological polar surface area (TPSA) is 40.6 Å². The van der Waals surface area contributed by atoms with Crippen molar-refractivity contribution in [1.82, 2.24) is 9.80 Å². The van der Waals surface area contributed by atoms with Gasteiger partial charge in [0.2, 0.25) is 5.91 Å². The van der Waals surface area contributed by atoms with Crippen molar-refractivity contribution >= 4 is 11.8 Å². The number of benzene rings is 2. The van der Waals surface area contributed by atoms with E-state index in [4.69, 9.17) is 0 Å². The molecule has 2 amide bonds. The van der Waals surface area contributed by atoms with Crippen LogP contribution in [0.2, 0.25) is 0 Å². The number of nitrogens with zero attached hydrogens (tertiary/aromatic N) is 2. The fourth-order valence-corrected chi connectivity index (χ4v) is 2.91. The molecule has 2 aromatic carbocycles. The first kappa shape index (κ1) is 18.0. The molecular weight excluding hydrogens is 345 g/mol. The number of halogens is 3. The highest BCUT2D eigenvalue weighted by Gasteiger charge is 2.26. The average molecular weight is 362 g/mol. The summed E-state index contributed by atoms with van der Waals surface area (Å²) in [5.74, 6) is -2.75. The fraction of sp³-hybridized carbons (Fsp3) is 0.263. The van der Waals surface area contributed by atoms with Crippen LogP contribution >= 0.6 is 0 Å². The van der Waals surface area contributed by atoms with Gasteiger partial charge in [0.1, 0.15) is 17.5 Å². The van der Waals surface area contributed by atoms with Crippen LogP contribution in [0.1, 0.15) is 15.9 Å². The zero-order valence-electron chi connectivity index (χ0n) is 13.9. The first-order valence-electron chi connectivity index (χ1n) is 8.21.